The topological polar surface area (TPSA) is 60.7 Å². The summed E-state index contributed by atoms with van der Waals surface area (Å²) in [5.41, 5.74) is -0.789. The molecule has 0 fully saturated rings. The van der Waals surface area contributed by atoms with Gasteiger partial charge in [-0.1, -0.05) is 33.9 Å². The Bertz CT molecular complexity index is 184. The van der Waals surface area contributed by atoms with E-state index in [0.717, 1.165) is 0 Å². The summed E-state index contributed by atoms with van der Waals surface area (Å²) in [5, 5.41) is 28.9. The van der Waals surface area contributed by atoms with Gasteiger partial charge in [0, 0.05) is 0 Å². The first-order valence-electron chi connectivity index (χ1n) is 5.06. The predicted molar refractivity (Wildman–Crippen MR) is 60.9 cm³/mol. The minimum Gasteiger partial charge on any atom is -0.394 e. The molecule has 0 aliphatic rings. The zero-order chi connectivity index (χ0) is 11.7. The lowest BCUT2D eigenvalue weighted by atomic mass is 10.2. The second-order valence-corrected chi connectivity index (χ2v) is 11.2. The van der Waals surface area contributed by atoms with Gasteiger partial charge in [-0.2, -0.15) is 0 Å². The van der Waals surface area contributed by atoms with E-state index in [4.69, 9.17) is 0 Å². The summed E-state index contributed by atoms with van der Waals surface area (Å²) < 4.78 is 0. The Morgan fingerprint density at radius 1 is 1.00 bits per heavy atom. The molecule has 86 valence electrons. The first-order valence-corrected chi connectivity index (χ1v) is 8.13. The molecule has 0 rings (SSSR count). The van der Waals surface area contributed by atoms with E-state index in [1.165, 1.54) is 6.92 Å². The van der Waals surface area contributed by atoms with Gasteiger partial charge in [-0.25, -0.2) is 0 Å². The van der Waals surface area contributed by atoms with Crippen LogP contribution < -0.4 is 0 Å². The molecular weight excluding hydrogens is 196 g/mol. The summed E-state index contributed by atoms with van der Waals surface area (Å²) in [6, 6.07) is 0. The molecular formula is C10H24O3Si. The average Bonchev–Trinajstić information content (AvgIpc) is 1.99. The van der Waals surface area contributed by atoms with Crippen molar-refractivity contribution in [1.29, 1.82) is 0 Å². The Balaban J connectivity index is 4.75. The van der Waals surface area contributed by atoms with Gasteiger partial charge in [-0.3, -0.25) is 0 Å². The molecule has 14 heavy (non-hydrogen) atoms. The van der Waals surface area contributed by atoms with Crippen LogP contribution in [0.25, 0.3) is 0 Å². The number of hydrogen-bond donors (Lipinski definition) is 3. The van der Waals surface area contributed by atoms with Crippen LogP contribution in [0.1, 0.15) is 27.7 Å². The maximum Gasteiger partial charge on any atom is 0.102 e. The van der Waals surface area contributed by atoms with Gasteiger partial charge in [0.15, 0.2) is 0 Å². The molecule has 3 N–H and O–H groups in total. The molecule has 0 aromatic rings. The van der Waals surface area contributed by atoms with Gasteiger partial charge in [0.25, 0.3) is 0 Å². The highest BCUT2D eigenvalue weighted by atomic mass is 28.3. The van der Waals surface area contributed by atoms with Crippen molar-refractivity contribution in [2.75, 3.05) is 0 Å². The van der Waals surface area contributed by atoms with E-state index in [1.807, 2.05) is 13.1 Å². The van der Waals surface area contributed by atoms with Crippen molar-refractivity contribution < 1.29 is 15.3 Å². The van der Waals surface area contributed by atoms with Crippen LogP contribution >= 0.6 is 0 Å². The van der Waals surface area contributed by atoms with Gasteiger partial charge < -0.3 is 15.3 Å². The molecule has 0 saturated carbocycles. The van der Waals surface area contributed by atoms with Gasteiger partial charge in [0.2, 0.25) is 0 Å². The molecule has 0 spiro atoms. The summed E-state index contributed by atoms with van der Waals surface area (Å²) in [7, 11) is -1.99. The minimum atomic E-state index is -1.99. The zero-order valence-electron chi connectivity index (χ0n) is 10.1. The monoisotopic (exact) mass is 220 g/mol. The van der Waals surface area contributed by atoms with Crippen LogP contribution in [-0.2, 0) is 0 Å². The summed E-state index contributed by atoms with van der Waals surface area (Å²) in [6.07, 6.45) is -1.91. The largest absolute Gasteiger partial charge is 0.394 e. The zero-order valence-corrected chi connectivity index (χ0v) is 11.1. The van der Waals surface area contributed by atoms with E-state index in [-0.39, 0.29) is 5.04 Å². The maximum absolute atomic E-state index is 10.0. The fourth-order valence-electron chi connectivity index (χ4n) is 1.13. The van der Waals surface area contributed by atoms with Crippen LogP contribution in [0.15, 0.2) is 0 Å². The summed E-state index contributed by atoms with van der Waals surface area (Å²) in [4.78, 5) is 0. The quantitative estimate of drug-likeness (QED) is 0.625. The van der Waals surface area contributed by atoms with E-state index in [9.17, 15) is 15.3 Å². The summed E-state index contributed by atoms with van der Waals surface area (Å²) >= 11 is 0. The smallest absolute Gasteiger partial charge is 0.102 e. The van der Waals surface area contributed by atoms with Crippen molar-refractivity contribution in [2.45, 2.75) is 63.8 Å². The highest BCUT2D eigenvalue weighted by Gasteiger charge is 2.45. The maximum atomic E-state index is 10.0. The molecule has 3 nitrogen and oxygen atoms in total. The molecule has 0 amide bonds. The normalized spacial score (nSPS) is 20.4. The van der Waals surface area contributed by atoms with Crippen LogP contribution in [0, 0.1) is 0 Å². The molecule has 0 aromatic carbocycles. The van der Waals surface area contributed by atoms with Crippen molar-refractivity contribution in [1.82, 2.24) is 0 Å². The van der Waals surface area contributed by atoms with Crippen LogP contribution in [0.2, 0.25) is 18.1 Å². The molecule has 0 aliphatic heterocycles. The number of aliphatic hydroxyl groups is 3. The van der Waals surface area contributed by atoms with Gasteiger partial charge in [0.1, 0.15) is 6.10 Å². The standard InChI is InChI=1S/C10H24O3Si/c1-7(11)8(12)9(13)14(5,6)10(2,3)4/h7-9,11-13H,1-6H3/t7-,8+,9-/m1/s1. The molecule has 3 atom stereocenters. The number of aliphatic hydroxyl groups excluding tert-OH is 3. The van der Waals surface area contributed by atoms with Crippen LogP contribution in [-0.4, -0.2) is 41.3 Å². The first-order chi connectivity index (χ1) is 6.01. The van der Waals surface area contributed by atoms with Gasteiger partial charge >= 0.3 is 0 Å². The number of hydrogen-bond acceptors (Lipinski definition) is 3. The first kappa shape index (κ1) is 14.1. The Hall–Kier alpha value is 0.0969. The molecule has 0 heterocycles. The van der Waals surface area contributed by atoms with Crippen molar-refractivity contribution in [3.63, 3.8) is 0 Å². The van der Waals surface area contributed by atoms with Crippen LogP contribution in [0.3, 0.4) is 0 Å². The Morgan fingerprint density at radius 3 is 1.57 bits per heavy atom. The fraction of sp³-hybridized carbons (Fsp3) is 1.00. The third-order valence-electron chi connectivity index (χ3n) is 3.49. The Kier molecular flexibility index (Phi) is 4.34. The molecule has 0 unspecified atom stereocenters. The second-order valence-electron chi connectivity index (χ2n) is 5.65. The fourth-order valence-corrected chi connectivity index (χ4v) is 3.15. The van der Waals surface area contributed by atoms with E-state index in [0.29, 0.717) is 0 Å². The third-order valence-corrected chi connectivity index (χ3v) is 9.18. The van der Waals surface area contributed by atoms with Crippen molar-refractivity contribution in [2.24, 2.45) is 0 Å². The van der Waals surface area contributed by atoms with Crippen LogP contribution in [0.4, 0.5) is 0 Å². The highest BCUT2D eigenvalue weighted by Crippen LogP contribution is 2.39. The molecule has 4 heteroatoms. The third kappa shape index (κ3) is 2.79. The van der Waals surface area contributed by atoms with E-state index in [2.05, 4.69) is 20.8 Å². The second kappa shape index (κ2) is 4.31. The molecule has 0 aromatic heterocycles. The molecule has 0 radical (unpaired) electrons. The van der Waals surface area contributed by atoms with Crippen molar-refractivity contribution in [3.8, 4) is 0 Å². The van der Waals surface area contributed by atoms with Gasteiger partial charge in [-0.15, -0.1) is 0 Å². The lowest BCUT2D eigenvalue weighted by molar-refractivity contribution is -0.0258. The molecule has 0 bridgehead atoms. The van der Waals surface area contributed by atoms with Crippen LogP contribution in [0.5, 0.6) is 0 Å². The molecule has 0 saturated heterocycles. The lowest BCUT2D eigenvalue weighted by Crippen LogP contribution is -2.57. The predicted octanol–water partition coefficient (Wildman–Crippen LogP) is 1.14. The summed E-state index contributed by atoms with van der Waals surface area (Å²) in [5.74, 6) is 0. The van der Waals surface area contributed by atoms with Gasteiger partial charge in [-0.05, 0) is 12.0 Å². The molecule has 0 aliphatic carbocycles. The van der Waals surface area contributed by atoms with E-state index >= 15 is 0 Å². The summed E-state index contributed by atoms with van der Waals surface area (Å²) in [6.45, 7) is 11.8. The van der Waals surface area contributed by atoms with E-state index in [1.54, 1.807) is 0 Å². The van der Waals surface area contributed by atoms with Crippen molar-refractivity contribution >= 4 is 8.07 Å². The SMILES string of the molecule is C[C@@H](O)[C@H](O)[C@H](O)[Si](C)(C)C(C)(C)C. The van der Waals surface area contributed by atoms with Gasteiger partial charge in [0.05, 0.1) is 19.9 Å². The van der Waals surface area contributed by atoms with Crippen molar-refractivity contribution in [3.05, 3.63) is 0 Å². The number of rotatable bonds is 3. The minimum absolute atomic E-state index is 0.00227. The lowest BCUT2D eigenvalue weighted by Gasteiger charge is -2.42. The average molecular weight is 220 g/mol. The van der Waals surface area contributed by atoms with E-state index < -0.39 is 26.0 Å². The Labute approximate surface area is 87.8 Å². The Morgan fingerprint density at radius 2 is 1.36 bits per heavy atom. The highest BCUT2D eigenvalue weighted by molar-refractivity contribution is 6.81.